The first-order valence-corrected chi connectivity index (χ1v) is 10.1. The molecule has 166 valence electrons. The highest BCUT2D eigenvalue weighted by molar-refractivity contribution is 5.85. The Morgan fingerprint density at radius 3 is 2.06 bits per heavy atom. The quantitative estimate of drug-likeness (QED) is 0.566. The van der Waals surface area contributed by atoms with Gasteiger partial charge in [-0.1, -0.05) is 18.9 Å². The third-order valence-corrected chi connectivity index (χ3v) is 5.63. The Hall–Kier alpha value is -2.97. The van der Waals surface area contributed by atoms with Crippen molar-refractivity contribution in [2.24, 2.45) is 0 Å². The molecule has 3 aromatic rings. The summed E-state index contributed by atoms with van der Waals surface area (Å²) in [5.74, 6) is 0.258. The summed E-state index contributed by atoms with van der Waals surface area (Å²) in [5.41, 5.74) is 2.88. The molecular formula is C22H28ClN5O3. The van der Waals surface area contributed by atoms with E-state index in [2.05, 4.69) is 27.0 Å². The first-order chi connectivity index (χ1) is 14.3. The number of halogens is 1. The van der Waals surface area contributed by atoms with E-state index in [0.29, 0.717) is 22.6 Å². The molecule has 2 heterocycles. The van der Waals surface area contributed by atoms with Gasteiger partial charge in [0.25, 0.3) is 0 Å². The average Bonchev–Trinajstić information content (AvgIpc) is 3.09. The van der Waals surface area contributed by atoms with Gasteiger partial charge < -0.3 is 25.1 Å². The van der Waals surface area contributed by atoms with Crippen LogP contribution in [0.3, 0.4) is 0 Å². The molecule has 0 bridgehead atoms. The van der Waals surface area contributed by atoms with Crippen LogP contribution in [-0.2, 0) is 0 Å². The zero-order chi connectivity index (χ0) is 21.4. The summed E-state index contributed by atoms with van der Waals surface area (Å²) in [7, 11) is 2.13. The van der Waals surface area contributed by atoms with Crippen molar-refractivity contribution < 1.29 is 15.3 Å². The maximum Gasteiger partial charge on any atom is 0.319 e. The van der Waals surface area contributed by atoms with Crippen molar-refractivity contribution in [3.63, 3.8) is 0 Å². The number of rotatable bonds is 4. The Morgan fingerprint density at radius 1 is 0.839 bits per heavy atom. The molecule has 4 rings (SSSR count). The zero-order valence-electron chi connectivity index (χ0n) is 17.9. The fourth-order valence-electron chi connectivity index (χ4n) is 3.80. The zero-order valence-corrected chi connectivity index (χ0v) is 18.7. The van der Waals surface area contributed by atoms with Gasteiger partial charge in [0.15, 0.2) is 5.82 Å². The van der Waals surface area contributed by atoms with Gasteiger partial charge in [-0.05, 0) is 48.9 Å². The van der Waals surface area contributed by atoms with Crippen molar-refractivity contribution in [1.82, 2.24) is 19.7 Å². The van der Waals surface area contributed by atoms with Gasteiger partial charge >= 0.3 is 6.01 Å². The molecule has 1 fully saturated rings. The fourth-order valence-corrected chi connectivity index (χ4v) is 3.80. The first kappa shape index (κ1) is 22.7. The summed E-state index contributed by atoms with van der Waals surface area (Å²) < 4.78 is 1.49. The number of piperazine rings is 1. The molecule has 2 aromatic carbocycles. The molecule has 1 aliphatic rings. The van der Waals surface area contributed by atoms with Crippen LogP contribution >= 0.6 is 12.4 Å². The highest BCUT2D eigenvalue weighted by atomic mass is 35.5. The number of hydrogen-bond donors (Lipinski definition) is 3. The van der Waals surface area contributed by atoms with E-state index in [4.69, 9.17) is 0 Å². The minimum absolute atomic E-state index is 0. The smallest absolute Gasteiger partial charge is 0.319 e. The Labute approximate surface area is 187 Å². The van der Waals surface area contributed by atoms with Crippen LogP contribution in [0.1, 0.15) is 25.3 Å². The van der Waals surface area contributed by atoms with Crippen LogP contribution in [0.2, 0.25) is 0 Å². The van der Waals surface area contributed by atoms with Crippen LogP contribution in [0, 0.1) is 0 Å². The van der Waals surface area contributed by atoms with Crippen molar-refractivity contribution in [1.29, 1.82) is 0 Å². The maximum absolute atomic E-state index is 10.4. The van der Waals surface area contributed by atoms with E-state index in [-0.39, 0.29) is 35.8 Å². The molecule has 9 heteroatoms. The van der Waals surface area contributed by atoms with Crippen molar-refractivity contribution in [3.8, 4) is 34.6 Å². The van der Waals surface area contributed by atoms with Crippen LogP contribution in [-0.4, -0.2) is 68.2 Å². The summed E-state index contributed by atoms with van der Waals surface area (Å²) in [5, 5.41) is 38.8. The summed E-state index contributed by atoms with van der Waals surface area (Å²) in [4.78, 5) is 4.64. The van der Waals surface area contributed by atoms with Gasteiger partial charge in [-0.3, -0.25) is 0 Å². The molecule has 1 saturated heterocycles. The van der Waals surface area contributed by atoms with Crippen LogP contribution in [0.4, 0.5) is 5.69 Å². The Morgan fingerprint density at radius 2 is 1.45 bits per heavy atom. The topological polar surface area (TPSA) is 97.9 Å². The fraction of sp³-hybridized carbons (Fsp3) is 0.364. The molecule has 0 saturated carbocycles. The Balaban J connectivity index is 0.00000272. The van der Waals surface area contributed by atoms with Crippen LogP contribution < -0.4 is 4.90 Å². The SMILES string of the molecule is CC(C)c1cc(-c2nnc(O)n2-c2ccc(N3CCN(C)CC3)cc2)c(O)cc1O.Cl. The largest absolute Gasteiger partial charge is 0.508 e. The summed E-state index contributed by atoms with van der Waals surface area (Å²) in [6.07, 6.45) is 0. The molecule has 0 amide bonds. The molecule has 0 atom stereocenters. The monoisotopic (exact) mass is 445 g/mol. The normalized spacial score (nSPS) is 14.6. The van der Waals surface area contributed by atoms with E-state index in [1.54, 1.807) is 6.07 Å². The molecule has 8 nitrogen and oxygen atoms in total. The van der Waals surface area contributed by atoms with E-state index in [0.717, 1.165) is 31.9 Å². The van der Waals surface area contributed by atoms with Crippen LogP contribution in [0.25, 0.3) is 17.1 Å². The van der Waals surface area contributed by atoms with E-state index < -0.39 is 0 Å². The third-order valence-electron chi connectivity index (χ3n) is 5.63. The summed E-state index contributed by atoms with van der Waals surface area (Å²) in [6, 6.07) is 10.6. The molecule has 1 aromatic heterocycles. The molecule has 31 heavy (non-hydrogen) atoms. The lowest BCUT2D eigenvalue weighted by atomic mass is 9.98. The Bertz CT molecular complexity index is 1040. The predicted molar refractivity (Wildman–Crippen MR) is 123 cm³/mol. The number of phenols is 2. The van der Waals surface area contributed by atoms with Gasteiger partial charge in [0.1, 0.15) is 11.5 Å². The second kappa shape index (κ2) is 9.03. The Kier molecular flexibility index (Phi) is 6.62. The highest BCUT2D eigenvalue weighted by Crippen LogP contribution is 2.38. The third kappa shape index (κ3) is 4.40. The minimum Gasteiger partial charge on any atom is -0.508 e. The van der Waals surface area contributed by atoms with E-state index in [9.17, 15) is 15.3 Å². The molecular weight excluding hydrogens is 418 g/mol. The lowest BCUT2D eigenvalue weighted by Crippen LogP contribution is -2.44. The van der Waals surface area contributed by atoms with Gasteiger partial charge in [-0.15, -0.1) is 17.5 Å². The second-order valence-corrected chi connectivity index (χ2v) is 8.05. The second-order valence-electron chi connectivity index (χ2n) is 8.05. The molecule has 0 radical (unpaired) electrons. The van der Waals surface area contributed by atoms with Crippen molar-refractivity contribution in [3.05, 3.63) is 42.0 Å². The van der Waals surface area contributed by atoms with E-state index in [1.165, 1.54) is 10.6 Å². The lowest BCUT2D eigenvalue weighted by Gasteiger charge is -2.34. The number of hydrogen-bond acceptors (Lipinski definition) is 7. The van der Waals surface area contributed by atoms with Crippen LogP contribution in [0.15, 0.2) is 36.4 Å². The van der Waals surface area contributed by atoms with Gasteiger partial charge in [0.05, 0.1) is 11.3 Å². The van der Waals surface area contributed by atoms with Crippen LogP contribution in [0.5, 0.6) is 17.5 Å². The number of benzene rings is 2. The first-order valence-electron chi connectivity index (χ1n) is 10.1. The number of aromatic nitrogens is 3. The van der Waals surface area contributed by atoms with Crippen molar-refractivity contribution >= 4 is 18.1 Å². The standard InChI is InChI=1S/C22H27N5O3.ClH/c1-14(2)17-12-18(20(29)13-19(17)28)21-23-24-22(30)27(21)16-6-4-15(5-7-16)26-10-8-25(3)9-11-26;/h4-7,12-14,28-29H,8-11H2,1-3H3,(H,24,30);1H. The number of likely N-dealkylation sites (N-methyl/N-ethyl adjacent to an activating group) is 1. The molecule has 3 N–H and O–H groups in total. The van der Waals surface area contributed by atoms with Gasteiger partial charge in [0, 0.05) is 37.9 Å². The minimum atomic E-state index is -0.268. The lowest BCUT2D eigenvalue weighted by molar-refractivity contribution is 0.313. The number of nitrogens with zero attached hydrogens (tertiary/aromatic N) is 5. The molecule has 0 unspecified atom stereocenters. The molecule has 0 aliphatic carbocycles. The maximum atomic E-state index is 10.4. The number of phenolic OH excluding ortho intramolecular Hbond substituents is 2. The molecule has 1 aliphatic heterocycles. The van der Waals surface area contributed by atoms with Crippen molar-refractivity contribution in [2.75, 3.05) is 38.1 Å². The molecule has 0 spiro atoms. The van der Waals surface area contributed by atoms with E-state index in [1.807, 2.05) is 38.1 Å². The van der Waals surface area contributed by atoms with Gasteiger partial charge in [-0.25, -0.2) is 4.57 Å². The van der Waals surface area contributed by atoms with Gasteiger partial charge in [-0.2, -0.15) is 0 Å². The summed E-state index contributed by atoms with van der Waals surface area (Å²) >= 11 is 0. The number of aromatic hydroxyl groups is 3. The predicted octanol–water partition coefficient (Wildman–Crippen LogP) is 3.35. The average molecular weight is 446 g/mol. The summed E-state index contributed by atoms with van der Waals surface area (Å²) in [6.45, 7) is 7.90. The van der Waals surface area contributed by atoms with Crippen molar-refractivity contribution in [2.45, 2.75) is 19.8 Å². The van der Waals surface area contributed by atoms with Gasteiger partial charge in [0.2, 0.25) is 0 Å². The van der Waals surface area contributed by atoms with E-state index >= 15 is 0 Å². The number of anilines is 1. The highest BCUT2D eigenvalue weighted by Gasteiger charge is 2.21.